The lowest BCUT2D eigenvalue weighted by Gasteiger charge is -2.33. The number of furan rings is 1. The molecule has 0 bridgehead atoms. The molecule has 2 aromatic heterocycles. The van der Waals surface area contributed by atoms with Gasteiger partial charge in [0.1, 0.15) is 11.5 Å². The monoisotopic (exact) mass is 408 g/mol. The Kier molecular flexibility index (Phi) is 6.01. The summed E-state index contributed by atoms with van der Waals surface area (Å²) in [6.07, 6.45) is 0. The molecule has 3 heterocycles. The van der Waals surface area contributed by atoms with Crippen molar-refractivity contribution < 1.29 is 13.9 Å². The van der Waals surface area contributed by atoms with Crippen LogP contribution in [0.4, 0.5) is 0 Å². The molecule has 0 spiro atoms. The first-order valence-corrected chi connectivity index (χ1v) is 10.3. The van der Waals surface area contributed by atoms with E-state index in [0.717, 1.165) is 36.0 Å². The number of morpholine rings is 1. The number of nitrogens with zero attached hydrogens (tertiary/aromatic N) is 3. The quantitative estimate of drug-likeness (QED) is 0.678. The van der Waals surface area contributed by atoms with Gasteiger partial charge in [-0.05, 0) is 45.0 Å². The average molecular weight is 409 g/mol. The normalized spacial score (nSPS) is 15.8. The molecule has 0 aliphatic carbocycles. The van der Waals surface area contributed by atoms with Crippen LogP contribution in [0.25, 0.3) is 5.69 Å². The molecule has 1 N–H and O–H groups in total. The van der Waals surface area contributed by atoms with Crippen LogP contribution in [0.15, 0.2) is 46.9 Å². The molecule has 0 saturated carbocycles. The number of aromatic nitrogens is 2. The Morgan fingerprint density at radius 2 is 1.83 bits per heavy atom. The minimum absolute atomic E-state index is 0.0312. The number of para-hydroxylation sites is 1. The molecule has 30 heavy (non-hydrogen) atoms. The summed E-state index contributed by atoms with van der Waals surface area (Å²) in [7, 11) is 0. The van der Waals surface area contributed by atoms with Gasteiger partial charge >= 0.3 is 0 Å². The van der Waals surface area contributed by atoms with Gasteiger partial charge in [0.2, 0.25) is 0 Å². The molecule has 0 radical (unpaired) electrons. The molecule has 1 aliphatic heterocycles. The average Bonchev–Trinajstić information content (AvgIpc) is 3.32. The van der Waals surface area contributed by atoms with Crippen molar-refractivity contribution in [2.75, 3.05) is 32.8 Å². The number of benzene rings is 1. The van der Waals surface area contributed by atoms with Gasteiger partial charge in [0.05, 0.1) is 41.9 Å². The first-order chi connectivity index (χ1) is 14.5. The lowest BCUT2D eigenvalue weighted by atomic mass is 10.1. The maximum Gasteiger partial charge on any atom is 0.255 e. The lowest BCUT2D eigenvalue weighted by Crippen LogP contribution is -2.43. The number of aryl methyl sites for hydroxylation is 2. The topological polar surface area (TPSA) is 72.5 Å². The van der Waals surface area contributed by atoms with Gasteiger partial charge < -0.3 is 14.5 Å². The molecule has 1 aromatic carbocycles. The Morgan fingerprint density at radius 1 is 1.10 bits per heavy atom. The smallest absolute Gasteiger partial charge is 0.255 e. The highest BCUT2D eigenvalue weighted by Gasteiger charge is 2.27. The van der Waals surface area contributed by atoms with Crippen LogP contribution in [0.5, 0.6) is 0 Å². The summed E-state index contributed by atoms with van der Waals surface area (Å²) in [6.45, 7) is 9.19. The maximum absolute atomic E-state index is 13.1. The zero-order valence-corrected chi connectivity index (χ0v) is 17.7. The van der Waals surface area contributed by atoms with Gasteiger partial charge in [-0.15, -0.1) is 0 Å². The van der Waals surface area contributed by atoms with E-state index in [1.54, 1.807) is 0 Å². The third kappa shape index (κ3) is 4.17. The van der Waals surface area contributed by atoms with E-state index < -0.39 is 0 Å². The van der Waals surface area contributed by atoms with Crippen molar-refractivity contribution in [1.29, 1.82) is 0 Å². The van der Waals surface area contributed by atoms with Crippen molar-refractivity contribution in [3.8, 4) is 5.69 Å². The first kappa shape index (κ1) is 20.4. The highest BCUT2D eigenvalue weighted by molar-refractivity contribution is 5.96. The summed E-state index contributed by atoms with van der Waals surface area (Å²) >= 11 is 0. The van der Waals surface area contributed by atoms with Gasteiger partial charge in [-0.25, -0.2) is 4.68 Å². The summed E-state index contributed by atoms with van der Waals surface area (Å²) in [5, 5.41) is 7.71. The number of carbonyl (C=O) groups excluding carboxylic acids is 1. The van der Waals surface area contributed by atoms with E-state index in [4.69, 9.17) is 9.15 Å². The number of hydrogen-bond donors (Lipinski definition) is 1. The van der Waals surface area contributed by atoms with Crippen LogP contribution in [0.1, 0.15) is 39.3 Å². The van der Waals surface area contributed by atoms with Crippen LogP contribution in [0.2, 0.25) is 0 Å². The Morgan fingerprint density at radius 3 is 2.50 bits per heavy atom. The van der Waals surface area contributed by atoms with Crippen molar-refractivity contribution in [2.24, 2.45) is 0 Å². The molecule has 7 heteroatoms. The Hall–Kier alpha value is -2.90. The number of carbonyl (C=O) groups is 1. The van der Waals surface area contributed by atoms with E-state index in [9.17, 15) is 4.79 Å². The molecule has 1 fully saturated rings. The van der Waals surface area contributed by atoms with Gasteiger partial charge in [0.25, 0.3) is 5.91 Å². The van der Waals surface area contributed by atoms with Crippen LogP contribution < -0.4 is 5.32 Å². The van der Waals surface area contributed by atoms with Gasteiger partial charge in [-0.2, -0.15) is 5.10 Å². The predicted molar refractivity (Wildman–Crippen MR) is 114 cm³/mol. The minimum Gasteiger partial charge on any atom is -0.465 e. The van der Waals surface area contributed by atoms with Crippen LogP contribution in [0, 0.1) is 20.8 Å². The van der Waals surface area contributed by atoms with E-state index in [2.05, 4.69) is 15.3 Å². The van der Waals surface area contributed by atoms with Crippen LogP contribution in [-0.2, 0) is 4.74 Å². The SMILES string of the molecule is Cc1ccc(C(CNC(=O)c2c(C)nn(-c3ccccc3)c2C)N2CCOCC2)o1. The zero-order valence-electron chi connectivity index (χ0n) is 17.7. The first-order valence-electron chi connectivity index (χ1n) is 10.3. The summed E-state index contributed by atoms with van der Waals surface area (Å²) in [5.41, 5.74) is 3.10. The van der Waals surface area contributed by atoms with Crippen molar-refractivity contribution in [2.45, 2.75) is 26.8 Å². The van der Waals surface area contributed by atoms with E-state index >= 15 is 0 Å². The number of rotatable bonds is 6. The largest absolute Gasteiger partial charge is 0.465 e. The molecule has 1 saturated heterocycles. The summed E-state index contributed by atoms with van der Waals surface area (Å²) in [4.78, 5) is 15.4. The van der Waals surface area contributed by atoms with Crippen LogP contribution in [-0.4, -0.2) is 53.4 Å². The molecular weight excluding hydrogens is 380 g/mol. The van der Waals surface area contributed by atoms with Crippen molar-refractivity contribution >= 4 is 5.91 Å². The van der Waals surface area contributed by atoms with Crippen molar-refractivity contribution in [1.82, 2.24) is 20.0 Å². The second kappa shape index (κ2) is 8.85. The van der Waals surface area contributed by atoms with Gasteiger partial charge in [0, 0.05) is 19.6 Å². The van der Waals surface area contributed by atoms with Crippen LogP contribution >= 0.6 is 0 Å². The predicted octanol–water partition coefficient (Wildman–Crippen LogP) is 3.19. The molecule has 1 aliphatic rings. The van der Waals surface area contributed by atoms with Gasteiger partial charge in [-0.3, -0.25) is 9.69 Å². The van der Waals surface area contributed by atoms with Crippen molar-refractivity contribution in [3.05, 3.63) is 70.9 Å². The summed E-state index contributed by atoms with van der Waals surface area (Å²) < 4.78 is 13.2. The Bertz CT molecular complexity index is 1000. The van der Waals surface area contributed by atoms with Crippen LogP contribution in [0.3, 0.4) is 0 Å². The molecule has 7 nitrogen and oxygen atoms in total. The fourth-order valence-corrected chi connectivity index (χ4v) is 4.00. The molecule has 3 aromatic rings. The van der Waals surface area contributed by atoms with Gasteiger partial charge in [0.15, 0.2) is 0 Å². The molecule has 4 rings (SSSR count). The van der Waals surface area contributed by atoms with E-state index in [-0.39, 0.29) is 11.9 Å². The van der Waals surface area contributed by atoms with Crippen molar-refractivity contribution in [3.63, 3.8) is 0 Å². The molecule has 158 valence electrons. The standard InChI is InChI=1S/C23H28N4O3/c1-16-9-10-21(30-16)20(26-11-13-29-14-12-26)15-24-23(28)22-17(2)25-27(18(22)3)19-7-5-4-6-8-19/h4-10,20H,11-15H2,1-3H3,(H,24,28). The third-order valence-electron chi connectivity index (χ3n) is 5.55. The highest BCUT2D eigenvalue weighted by Crippen LogP contribution is 2.24. The zero-order chi connectivity index (χ0) is 21.1. The van der Waals surface area contributed by atoms with E-state index in [1.807, 2.05) is 67.9 Å². The fourth-order valence-electron chi connectivity index (χ4n) is 4.00. The summed E-state index contributed by atoms with van der Waals surface area (Å²) in [5.74, 6) is 1.61. The molecular formula is C23H28N4O3. The number of nitrogens with one attached hydrogen (secondary N) is 1. The molecule has 1 amide bonds. The number of amides is 1. The van der Waals surface area contributed by atoms with Gasteiger partial charge in [-0.1, -0.05) is 18.2 Å². The Balaban J connectivity index is 1.53. The number of hydrogen-bond acceptors (Lipinski definition) is 5. The minimum atomic E-state index is -0.117. The summed E-state index contributed by atoms with van der Waals surface area (Å²) in [6, 6.07) is 13.8. The second-order valence-electron chi connectivity index (χ2n) is 7.62. The number of ether oxygens (including phenoxy) is 1. The molecule has 1 atom stereocenters. The maximum atomic E-state index is 13.1. The third-order valence-corrected chi connectivity index (χ3v) is 5.55. The highest BCUT2D eigenvalue weighted by atomic mass is 16.5. The second-order valence-corrected chi connectivity index (χ2v) is 7.62. The van der Waals surface area contributed by atoms with E-state index in [0.29, 0.717) is 31.0 Å². The fraction of sp³-hybridized carbons (Fsp3) is 0.391. The lowest BCUT2D eigenvalue weighted by molar-refractivity contribution is 0.0117. The van der Waals surface area contributed by atoms with E-state index in [1.165, 1.54) is 0 Å². The molecule has 1 unspecified atom stereocenters. The Labute approximate surface area is 176 Å².